The summed E-state index contributed by atoms with van der Waals surface area (Å²) in [5, 5.41) is 12.4. The number of hydrogen-bond donors (Lipinski definition) is 2. The third kappa shape index (κ3) is 4.04. The Morgan fingerprint density at radius 3 is 2.26 bits per heavy atom. The van der Waals surface area contributed by atoms with Crippen LogP contribution >= 0.6 is 0 Å². The van der Waals surface area contributed by atoms with Gasteiger partial charge in [0.1, 0.15) is 12.6 Å². The van der Waals surface area contributed by atoms with Crippen molar-refractivity contribution >= 4 is 18.0 Å². The molecule has 7 nitrogen and oxygen atoms in total. The molecule has 1 aliphatic heterocycles. The molecule has 2 aromatic carbocycles. The number of hydrogen-bond acceptors (Lipinski definition) is 4. The van der Waals surface area contributed by atoms with Crippen molar-refractivity contribution in [3.05, 3.63) is 59.7 Å². The monoisotopic (exact) mass is 462 g/mol. The second-order valence-corrected chi connectivity index (χ2v) is 9.94. The molecule has 178 valence electrons. The van der Waals surface area contributed by atoms with Gasteiger partial charge >= 0.3 is 12.1 Å². The van der Waals surface area contributed by atoms with Gasteiger partial charge in [-0.05, 0) is 53.9 Å². The Kier molecular flexibility index (Phi) is 5.80. The molecular formula is C27H30N2O5. The summed E-state index contributed by atoms with van der Waals surface area (Å²) in [6.07, 6.45) is 2.01. The summed E-state index contributed by atoms with van der Waals surface area (Å²) in [4.78, 5) is 39.0. The Morgan fingerprint density at radius 1 is 1.06 bits per heavy atom. The van der Waals surface area contributed by atoms with Crippen LogP contribution in [-0.4, -0.2) is 53.7 Å². The number of likely N-dealkylation sites (tertiary alicyclic amines) is 1. The number of carbonyl (C=O) groups is 3. The van der Waals surface area contributed by atoms with Gasteiger partial charge in [-0.2, -0.15) is 0 Å². The normalized spacial score (nSPS) is 22.4. The van der Waals surface area contributed by atoms with Gasteiger partial charge in [0.15, 0.2) is 0 Å². The van der Waals surface area contributed by atoms with Gasteiger partial charge in [-0.1, -0.05) is 55.5 Å². The number of alkyl carbamates (subject to hydrolysis) is 1. The minimum absolute atomic E-state index is 0.0265. The van der Waals surface area contributed by atoms with Crippen LogP contribution in [0.1, 0.15) is 49.7 Å². The third-order valence-corrected chi connectivity index (χ3v) is 7.63. The maximum Gasteiger partial charge on any atom is 0.407 e. The number of fused-ring (bicyclic) bond motifs is 3. The molecule has 0 radical (unpaired) electrons. The number of amides is 2. The zero-order valence-electron chi connectivity index (χ0n) is 19.3. The van der Waals surface area contributed by atoms with Gasteiger partial charge in [-0.3, -0.25) is 4.79 Å². The first-order valence-corrected chi connectivity index (χ1v) is 12.0. The number of aliphatic carboxylic acids is 1. The van der Waals surface area contributed by atoms with Crippen LogP contribution in [0.25, 0.3) is 11.1 Å². The van der Waals surface area contributed by atoms with Gasteiger partial charge < -0.3 is 20.1 Å². The first kappa shape index (κ1) is 22.4. The molecule has 2 aliphatic carbocycles. The fourth-order valence-electron chi connectivity index (χ4n) is 5.43. The molecule has 1 saturated heterocycles. The Morgan fingerprint density at radius 2 is 1.68 bits per heavy atom. The van der Waals surface area contributed by atoms with Gasteiger partial charge in [0.2, 0.25) is 5.91 Å². The lowest BCUT2D eigenvalue weighted by Gasteiger charge is -2.38. The number of carboxylic acids is 1. The predicted octanol–water partition coefficient (Wildman–Crippen LogP) is 4.02. The molecule has 1 heterocycles. The van der Waals surface area contributed by atoms with E-state index in [1.165, 1.54) is 16.0 Å². The van der Waals surface area contributed by atoms with Crippen LogP contribution in [0.5, 0.6) is 0 Å². The summed E-state index contributed by atoms with van der Waals surface area (Å²) in [5.41, 5.74) is 3.91. The molecule has 7 heteroatoms. The van der Waals surface area contributed by atoms with E-state index in [4.69, 9.17) is 4.74 Å². The fourth-order valence-corrected chi connectivity index (χ4v) is 5.43. The summed E-state index contributed by atoms with van der Waals surface area (Å²) in [6, 6.07) is 15.5. The van der Waals surface area contributed by atoms with Crippen LogP contribution in [0.4, 0.5) is 4.79 Å². The second-order valence-electron chi connectivity index (χ2n) is 9.94. The van der Waals surface area contributed by atoms with Crippen molar-refractivity contribution in [1.82, 2.24) is 10.2 Å². The summed E-state index contributed by atoms with van der Waals surface area (Å²) in [6.45, 7) is 2.85. The highest BCUT2D eigenvalue weighted by atomic mass is 16.5. The van der Waals surface area contributed by atoms with Crippen molar-refractivity contribution in [1.29, 1.82) is 0 Å². The van der Waals surface area contributed by atoms with Crippen LogP contribution in [0.2, 0.25) is 0 Å². The van der Waals surface area contributed by atoms with Crippen LogP contribution in [0, 0.1) is 11.3 Å². The molecule has 5 rings (SSSR count). The summed E-state index contributed by atoms with van der Waals surface area (Å²) >= 11 is 0. The Balaban J connectivity index is 1.19. The van der Waals surface area contributed by atoms with E-state index >= 15 is 0 Å². The largest absolute Gasteiger partial charge is 0.480 e. The molecular weight excluding hydrogens is 432 g/mol. The number of nitrogens with one attached hydrogen (secondary N) is 1. The average molecular weight is 463 g/mol. The Labute approximate surface area is 199 Å². The maximum atomic E-state index is 13.2. The molecule has 2 aromatic rings. The van der Waals surface area contributed by atoms with Crippen molar-refractivity contribution in [3.63, 3.8) is 0 Å². The van der Waals surface area contributed by atoms with Gasteiger partial charge in [-0.25, -0.2) is 9.59 Å². The van der Waals surface area contributed by atoms with E-state index in [9.17, 15) is 19.5 Å². The van der Waals surface area contributed by atoms with Crippen molar-refractivity contribution in [2.75, 3.05) is 19.7 Å². The fraction of sp³-hybridized carbons (Fsp3) is 0.444. The van der Waals surface area contributed by atoms with Crippen LogP contribution in [0.15, 0.2) is 48.5 Å². The Bertz CT molecular complexity index is 1080. The second kappa shape index (κ2) is 8.78. The van der Waals surface area contributed by atoms with E-state index in [1.807, 2.05) is 31.2 Å². The van der Waals surface area contributed by atoms with Crippen LogP contribution in [0.3, 0.4) is 0 Å². The molecule has 2 fully saturated rings. The van der Waals surface area contributed by atoms with Crippen LogP contribution < -0.4 is 5.32 Å². The maximum absolute atomic E-state index is 13.2. The number of benzene rings is 2. The molecule has 2 amide bonds. The minimum atomic E-state index is -0.958. The number of ether oxygens (including phenoxy) is 1. The molecule has 2 unspecified atom stereocenters. The van der Waals surface area contributed by atoms with Crippen molar-refractivity contribution < 1.29 is 24.2 Å². The lowest BCUT2D eigenvalue weighted by Crippen LogP contribution is -2.53. The molecule has 1 saturated carbocycles. The quantitative estimate of drug-likeness (QED) is 0.676. The van der Waals surface area contributed by atoms with Gasteiger partial charge in [0, 0.05) is 19.0 Å². The van der Waals surface area contributed by atoms with E-state index in [-0.39, 0.29) is 30.9 Å². The van der Waals surface area contributed by atoms with Crippen molar-refractivity contribution in [2.45, 2.75) is 44.6 Å². The van der Waals surface area contributed by atoms with Crippen LogP contribution in [-0.2, 0) is 14.3 Å². The van der Waals surface area contributed by atoms with E-state index in [1.54, 1.807) is 0 Å². The molecule has 3 aliphatic rings. The van der Waals surface area contributed by atoms with E-state index in [0.29, 0.717) is 25.8 Å². The zero-order valence-corrected chi connectivity index (χ0v) is 19.3. The predicted molar refractivity (Wildman–Crippen MR) is 126 cm³/mol. The average Bonchev–Trinajstić information content (AvgIpc) is 3.57. The molecule has 0 bridgehead atoms. The molecule has 0 spiro atoms. The lowest BCUT2D eigenvalue weighted by atomic mass is 9.90. The summed E-state index contributed by atoms with van der Waals surface area (Å²) in [5.74, 6) is -0.869. The standard InChI is InChI=1S/C27H30N2O5/c1-17-10-13-29(23(14-17)24(30)31)25(32)27(11-12-27)16-28-26(33)34-15-22-20-8-4-2-6-18(20)19-7-3-5-9-21(19)22/h2-9,17,22-23H,10-16H2,1H3,(H,28,33)(H,30,31). The highest BCUT2D eigenvalue weighted by molar-refractivity contribution is 5.90. The smallest absolute Gasteiger partial charge is 0.407 e. The van der Waals surface area contributed by atoms with E-state index < -0.39 is 23.5 Å². The summed E-state index contributed by atoms with van der Waals surface area (Å²) in [7, 11) is 0. The third-order valence-electron chi connectivity index (χ3n) is 7.63. The number of carboxylic acid groups (broad SMARTS) is 1. The van der Waals surface area contributed by atoms with E-state index in [0.717, 1.165) is 17.5 Å². The molecule has 0 aromatic heterocycles. The van der Waals surface area contributed by atoms with Gasteiger partial charge in [-0.15, -0.1) is 0 Å². The lowest BCUT2D eigenvalue weighted by molar-refractivity contribution is -0.155. The number of piperidine rings is 1. The zero-order chi connectivity index (χ0) is 23.9. The van der Waals surface area contributed by atoms with Gasteiger partial charge in [0.05, 0.1) is 5.41 Å². The summed E-state index contributed by atoms with van der Waals surface area (Å²) < 4.78 is 5.59. The number of rotatable bonds is 6. The van der Waals surface area contributed by atoms with Crippen molar-refractivity contribution in [2.24, 2.45) is 11.3 Å². The molecule has 2 atom stereocenters. The molecule has 2 N–H and O–H groups in total. The first-order chi connectivity index (χ1) is 16.4. The van der Waals surface area contributed by atoms with Gasteiger partial charge in [0.25, 0.3) is 0 Å². The number of carbonyl (C=O) groups excluding carboxylic acids is 2. The Hall–Kier alpha value is -3.35. The van der Waals surface area contributed by atoms with Crippen molar-refractivity contribution in [3.8, 4) is 11.1 Å². The SMILES string of the molecule is CC1CCN(C(=O)C2(CNC(=O)OCC3c4ccccc4-c4ccccc43)CC2)C(C(=O)O)C1. The highest BCUT2D eigenvalue weighted by Gasteiger charge is 2.54. The minimum Gasteiger partial charge on any atom is -0.480 e. The van der Waals surface area contributed by atoms with E-state index in [2.05, 4.69) is 29.6 Å². The first-order valence-electron chi connectivity index (χ1n) is 12.0. The highest BCUT2D eigenvalue weighted by Crippen LogP contribution is 2.48. The molecule has 34 heavy (non-hydrogen) atoms. The number of nitrogens with zero attached hydrogens (tertiary/aromatic N) is 1. The topological polar surface area (TPSA) is 95.9 Å².